The van der Waals surface area contributed by atoms with Gasteiger partial charge in [0.25, 0.3) is 0 Å². The van der Waals surface area contributed by atoms with Crippen molar-refractivity contribution >= 4 is 17.3 Å². The van der Waals surface area contributed by atoms with Gasteiger partial charge in [0.15, 0.2) is 0 Å². The first-order valence-corrected chi connectivity index (χ1v) is 8.38. The van der Waals surface area contributed by atoms with E-state index in [1.807, 2.05) is 47.7 Å². The summed E-state index contributed by atoms with van der Waals surface area (Å²) in [4.78, 5) is 13.7. The molecular formula is C18H24N4O2. The van der Waals surface area contributed by atoms with Crippen molar-refractivity contribution in [3.8, 4) is 0 Å². The van der Waals surface area contributed by atoms with Crippen LogP contribution >= 0.6 is 0 Å². The molecule has 2 heterocycles. The van der Waals surface area contributed by atoms with E-state index in [4.69, 9.17) is 5.11 Å². The molecule has 3 rings (SSSR count). The molecule has 0 aliphatic carbocycles. The summed E-state index contributed by atoms with van der Waals surface area (Å²) in [6.45, 7) is 6.07. The molecule has 1 aromatic carbocycles. The summed E-state index contributed by atoms with van der Waals surface area (Å²) in [6.07, 6.45) is 1.57. The fraction of sp³-hybridized carbons (Fsp3) is 0.444. The highest BCUT2D eigenvalue weighted by atomic mass is 16.3. The number of anilines is 2. The predicted octanol–water partition coefficient (Wildman–Crippen LogP) is 2.23. The Labute approximate surface area is 142 Å². The molecule has 24 heavy (non-hydrogen) atoms. The molecule has 1 amide bonds. The Hall–Kier alpha value is -2.34. The molecule has 128 valence electrons. The molecule has 6 heteroatoms. The number of hydrogen-bond acceptors (Lipinski definition) is 4. The molecule has 1 saturated heterocycles. The van der Waals surface area contributed by atoms with Gasteiger partial charge in [-0.3, -0.25) is 9.48 Å². The van der Waals surface area contributed by atoms with Crippen molar-refractivity contribution < 1.29 is 9.90 Å². The topological polar surface area (TPSA) is 70.4 Å². The molecule has 1 aliphatic rings. The van der Waals surface area contributed by atoms with E-state index in [2.05, 4.69) is 10.4 Å². The van der Waals surface area contributed by atoms with Crippen LogP contribution in [0.4, 0.5) is 11.4 Å². The maximum atomic E-state index is 11.9. The quantitative estimate of drug-likeness (QED) is 0.853. The normalized spacial score (nSPS) is 14.5. The van der Waals surface area contributed by atoms with Crippen molar-refractivity contribution in [3.63, 3.8) is 0 Å². The van der Waals surface area contributed by atoms with Crippen molar-refractivity contribution in [1.82, 2.24) is 9.78 Å². The second-order valence-electron chi connectivity index (χ2n) is 6.15. The van der Waals surface area contributed by atoms with Gasteiger partial charge >= 0.3 is 0 Å². The first-order chi connectivity index (χ1) is 11.6. The largest absolute Gasteiger partial charge is 0.394 e. The molecule has 0 saturated carbocycles. The van der Waals surface area contributed by atoms with E-state index in [-0.39, 0.29) is 12.5 Å². The Kier molecular flexibility index (Phi) is 4.85. The van der Waals surface area contributed by atoms with E-state index in [1.54, 1.807) is 0 Å². The lowest BCUT2D eigenvalue weighted by molar-refractivity contribution is -0.117. The number of benzene rings is 1. The number of aliphatic hydroxyl groups excluding tert-OH is 1. The Morgan fingerprint density at radius 2 is 2.17 bits per heavy atom. The van der Waals surface area contributed by atoms with Gasteiger partial charge in [-0.15, -0.1) is 0 Å². The maximum absolute atomic E-state index is 11.9. The van der Waals surface area contributed by atoms with Crippen LogP contribution in [0.15, 0.2) is 24.3 Å². The molecule has 0 bridgehead atoms. The summed E-state index contributed by atoms with van der Waals surface area (Å²) in [5.74, 6) is 0.198. The Bertz CT molecular complexity index is 739. The number of carbonyl (C=O) groups is 1. The van der Waals surface area contributed by atoms with Gasteiger partial charge < -0.3 is 15.3 Å². The van der Waals surface area contributed by atoms with E-state index in [9.17, 15) is 4.79 Å². The molecule has 6 nitrogen and oxygen atoms in total. The minimum atomic E-state index is 0.0841. The molecule has 2 aromatic rings. The number of aryl methyl sites for hydroxylation is 1. The van der Waals surface area contributed by atoms with Crippen molar-refractivity contribution in [2.24, 2.45) is 0 Å². The predicted molar refractivity (Wildman–Crippen MR) is 94.1 cm³/mol. The second-order valence-corrected chi connectivity index (χ2v) is 6.15. The Morgan fingerprint density at radius 3 is 2.88 bits per heavy atom. The third kappa shape index (κ3) is 3.28. The fourth-order valence-electron chi connectivity index (χ4n) is 3.20. The zero-order valence-electron chi connectivity index (χ0n) is 14.2. The SMILES string of the molecule is Cc1nn(CCO)c(C)c1CNc1cccc(N2CCCC2=O)c1. The van der Waals surface area contributed by atoms with E-state index in [1.165, 1.54) is 0 Å². The van der Waals surface area contributed by atoms with Gasteiger partial charge in [0, 0.05) is 42.1 Å². The van der Waals surface area contributed by atoms with Crippen molar-refractivity contribution in [3.05, 3.63) is 41.2 Å². The number of amides is 1. The number of nitrogens with zero attached hydrogens (tertiary/aromatic N) is 3. The van der Waals surface area contributed by atoms with Gasteiger partial charge in [-0.25, -0.2) is 0 Å². The second kappa shape index (κ2) is 7.05. The highest BCUT2D eigenvalue weighted by molar-refractivity contribution is 5.95. The smallest absolute Gasteiger partial charge is 0.227 e. The average molecular weight is 328 g/mol. The summed E-state index contributed by atoms with van der Waals surface area (Å²) >= 11 is 0. The molecule has 2 N–H and O–H groups in total. The third-order valence-corrected chi connectivity index (χ3v) is 4.54. The maximum Gasteiger partial charge on any atom is 0.227 e. The van der Waals surface area contributed by atoms with E-state index < -0.39 is 0 Å². The zero-order valence-corrected chi connectivity index (χ0v) is 14.2. The number of carbonyl (C=O) groups excluding carboxylic acids is 1. The van der Waals surface area contributed by atoms with Crippen LogP contribution in [0.1, 0.15) is 29.8 Å². The number of aromatic nitrogens is 2. The van der Waals surface area contributed by atoms with Gasteiger partial charge in [0.2, 0.25) is 5.91 Å². The van der Waals surface area contributed by atoms with Crippen LogP contribution in [0.2, 0.25) is 0 Å². The van der Waals surface area contributed by atoms with Crippen LogP contribution in [0.3, 0.4) is 0 Å². The lowest BCUT2D eigenvalue weighted by Gasteiger charge is -2.17. The minimum absolute atomic E-state index is 0.0841. The number of hydrogen-bond donors (Lipinski definition) is 2. The van der Waals surface area contributed by atoms with Gasteiger partial charge in [-0.05, 0) is 38.5 Å². The molecule has 0 radical (unpaired) electrons. The average Bonchev–Trinajstić information content (AvgIpc) is 3.11. The Balaban J connectivity index is 1.72. The van der Waals surface area contributed by atoms with Crippen LogP contribution in [0, 0.1) is 13.8 Å². The molecule has 0 spiro atoms. The summed E-state index contributed by atoms with van der Waals surface area (Å²) in [5, 5.41) is 17.0. The van der Waals surface area contributed by atoms with Crippen molar-refractivity contribution in [2.75, 3.05) is 23.4 Å². The number of aliphatic hydroxyl groups is 1. The first-order valence-electron chi connectivity index (χ1n) is 8.38. The summed E-state index contributed by atoms with van der Waals surface area (Å²) in [7, 11) is 0. The number of nitrogens with one attached hydrogen (secondary N) is 1. The molecule has 0 unspecified atom stereocenters. The van der Waals surface area contributed by atoms with Crippen LogP contribution in [-0.2, 0) is 17.9 Å². The van der Waals surface area contributed by atoms with Crippen LogP contribution in [0.5, 0.6) is 0 Å². The lowest BCUT2D eigenvalue weighted by Crippen LogP contribution is -2.23. The van der Waals surface area contributed by atoms with Gasteiger partial charge in [0.05, 0.1) is 18.8 Å². The first kappa shape index (κ1) is 16.5. The summed E-state index contributed by atoms with van der Waals surface area (Å²) in [5.41, 5.74) is 5.12. The summed E-state index contributed by atoms with van der Waals surface area (Å²) < 4.78 is 1.84. The standard InChI is InChI=1S/C18H24N4O2/c1-13-17(14(2)22(20-13)9-10-23)12-19-15-5-3-6-16(11-15)21-8-4-7-18(21)24/h3,5-6,11,19,23H,4,7-10,12H2,1-2H3. The monoisotopic (exact) mass is 328 g/mol. The lowest BCUT2D eigenvalue weighted by atomic mass is 10.2. The number of rotatable bonds is 6. The molecule has 1 aromatic heterocycles. The molecule has 0 atom stereocenters. The molecule has 1 aliphatic heterocycles. The van der Waals surface area contributed by atoms with Crippen LogP contribution < -0.4 is 10.2 Å². The highest BCUT2D eigenvalue weighted by Gasteiger charge is 2.21. The van der Waals surface area contributed by atoms with Gasteiger partial charge in [-0.2, -0.15) is 5.10 Å². The fourth-order valence-corrected chi connectivity index (χ4v) is 3.20. The van der Waals surface area contributed by atoms with Crippen molar-refractivity contribution in [2.45, 2.75) is 39.8 Å². The highest BCUT2D eigenvalue weighted by Crippen LogP contribution is 2.25. The van der Waals surface area contributed by atoms with E-state index >= 15 is 0 Å². The van der Waals surface area contributed by atoms with Crippen molar-refractivity contribution in [1.29, 1.82) is 0 Å². The van der Waals surface area contributed by atoms with E-state index in [0.29, 0.717) is 19.5 Å². The zero-order chi connectivity index (χ0) is 17.1. The minimum Gasteiger partial charge on any atom is -0.394 e. The third-order valence-electron chi connectivity index (χ3n) is 4.54. The van der Waals surface area contributed by atoms with Crippen LogP contribution in [-0.4, -0.2) is 33.9 Å². The van der Waals surface area contributed by atoms with Crippen LogP contribution in [0.25, 0.3) is 0 Å². The Morgan fingerprint density at radius 1 is 1.33 bits per heavy atom. The van der Waals surface area contributed by atoms with Gasteiger partial charge in [0.1, 0.15) is 0 Å². The molecule has 1 fully saturated rings. The van der Waals surface area contributed by atoms with E-state index in [0.717, 1.165) is 41.3 Å². The summed E-state index contributed by atoms with van der Waals surface area (Å²) in [6, 6.07) is 7.97. The molecular weight excluding hydrogens is 304 g/mol. The van der Waals surface area contributed by atoms with Gasteiger partial charge in [-0.1, -0.05) is 6.07 Å².